The van der Waals surface area contributed by atoms with E-state index < -0.39 is 17.0 Å². The Balaban J connectivity index is -0.0000000200. The molecule has 0 spiro atoms. The molecule has 0 aliphatic carbocycles. The molecule has 0 nitrogen and oxygen atoms in total. The summed E-state index contributed by atoms with van der Waals surface area (Å²) in [5.41, 5.74) is 0. The van der Waals surface area contributed by atoms with E-state index in [4.69, 9.17) is 18.6 Å². The number of hydrogen-bond acceptors (Lipinski definition) is 0. The molecule has 0 atom stereocenters. The molecule has 0 amide bonds. The standard InChI is InChI=1S/4ClH.Ti/h4*1H;/q;;;;+2/p-2. The first kappa shape index (κ1) is 15.8. The third-order valence-electron chi connectivity index (χ3n) is 0. The molecular weight excluding hydrogens is 190 g/mol. The van der Waals surface area contributed by atoms with Gasteiger partial charge in [-0.2, -0.15) is 0 Å². The second kappa shape index (κ2) is 16.9. The van der Waals surface area contributed by atoms with Crippen molar-refractivity contribution < 1.29 is 17.0 Å². The van der Waals surface area contributed by atoms with Gasteiger partial charge in [-0.05, 0) is 0 Å². The van der Waals surface area contributed by atoms with Crippen LogP contribution < -0.4 is 0 Å². The van der Waals surface area contributed by atoms with Crippen LogP contribution in [-0.2, 0) is 17.0 Å². The van der Waals surface area contributed by atoms with Crippen LogP contribution in [0.5, 0.6) is 0 Å². The average Bonchev–Trinajstić information content (AvgIpc) is 0.918. The van der Waals surface area contributed by atoms with Gasteiger partial charge in [-0.25, -0.2) is 0 Å². The molecule has 0 radical (unpaired) electrons. The molecule has 0 fully saturated rings. The van der Waals surface area contributed by atoms with E-state index in [1.165, 1.54) is 0 Å². The van der Waals surface area contributed by atoms with Crippen LogP contribution in [0, 0.1) is 0 Å². The Hall–Kier alpha value is 1.87. The van der Waals surface area contributed by atoms with Crippen molar-refractivity contribution in [3.8, 4) is 0 Å². The van der Waals surface area contributed by atoms with Crippen molar-refractivity contribution >= 4 is 43.4 Å². The fraction of sp³-hybridized carbons (Fsp3) is 0. The van der Waals surface area contributed by atoms with Gasteiger partial charge in [-0.15, -0.1) is 24.8 Å². The first-order chi connectivity index (χ1) is 1.41. The predicted molar refractivity (Wildman–Crippen MR) is 26.2 cm³/mol. The van der Waals surface area contributed by atoms with Gasteiger partial charge in [0.1, 0.15) is 0 Å². The zero-order valence-corrected chi connectivity index (χ0v) is 6.78. The Labute approximate surface area is 60.1 Å². The molecule has 0 saturated carbocycles. The second-order valence-electron chi connectivity index (χ2n) is 0.0714. The number of rotatable bonds is 0. The van der Waals surface area contributed by atoms with Gasteiger partial charge in [0, 0.05) is 0 Å². The molecule has 0 aromatic heterocycles. The van der Waals surface area contributed by atoms with E-state index in [0.717, 1.165) is 0 Å². The summed E-state index contributed by atoms with van der Waals surface area (Å²) in [6.45, 7) is 0. The first-order valence-corrected chi connectivity index (χ1v) is 4.68. The van der Waals surface area contributed by atoms with Crippen molar-refractivity contribution in [1.82, 2.24) is 0 Å². The molecule has 0 aromatic rings. The molecular formula is H2Cl4Ti. The van der Waals surface area contributed by atoms with E-state index in [9.17, 15) is 0 Å². The van der Waals surface area contributed by atoms with Crippen LogP contribution in [-0.4, -0.2) is 0 Å². The van der Waals surface area contributed by atoms with E-state index >= 15 is 0 Å². The van der Waals surface area contributed by atoms with Gasteiger partial charge in [0.25, 0.3) is 0 Å². The Kier molecular flexibility index (Phi) is 53.4. The molecule has 0 saturated heterocycles. The van der Waals surface area contributed by atoms with Crippen molar-refractivity contribution in [1.29, 1.82) is 0 Å². The third kappa shape index (κ3) is 25.1. The van der Waals surface area contributed by atoms with Crippen molar-refractivity contribution in [3.05, 3.63) is 0 Å². The Bertz CT molecular complexity index is 3.61. The van der Waals surface area contributed by atoms with Crippen LogP contribution in [0.1, 0.15) is 0 Å². The molecule has 0 bridgehead atoms. The molecule has 0 aliphatic rings. The second-order valence-corrected chi connectivity index (χ2v) is 2.65. The summed E-state index contributed by atoms with van der Waals surface area (Å²) < 4.78 is 0. The van der Waals surface area contributed by atoms with E-state index in [2.05, 4.69) is 0 Å². The predicted octanol–water partition coefficient (Wildman–Crippen LogP) is 2.22. The molecule has 5 heteroatoms. The summed E-state index contributed by atoms with van der Waals surface area (Å²) in [5.74, 6) is 0. The summed E-state index contributed by atoms with van der Waals surface area (Å²) in [7, 11) is 9.78. The number of halogens is 4. The van der Waals surface area contributed by atoms with Crippen LogP contribution >= 0.6 is 43.4 Å². The molecule has 0 unspecified atom stereocenters. The van der Waals surface area contributed by atoms with Crippen LogP contribution in [0.3, 0.4) is 0 Å². The van der Waals surface area contributed by atoms with Crippen molar-refractivity contribution in [3.63, 3.8) is 0 Å². The van der Waals surface area contributed by atoms with Crippen molar-refractivity contribution in [2.45, 2.75) is 0 Å². The summed E-state index contributed by atoms with van der Waals surface area (Å²) >= 11 is -0.556. The van der Waals surface area contributed by atoms with Crippen molar-refractivity contribution in [2.75, 3.05) is 0 Å². The Morgan fingerprint density at radius 3 is 1.00 bits per heavy atom. The molecule has 5 heavy (non-hydrogen) atoms. The van der Waals surface area contributed by atoms with Crippen molar-refractivity contribution in [2.24, 2.45) is 0 Å². The van der Waals surface area contributed by atoms with E-state index in [-0.39, 0.29) is 24.8 Å². The van der Waals surface area contributed by atoms with Gasteiger partial charge in [0.05, 0.1) is 0 Å². The SMILES string of the molecule is Cl.Cl.[Cl][Ti][Cl]. The monoisotopic (exact) mass is 190 g/mol. The molecule has 0 aromatic carbocycles. The van der Waals surface area contributed by atoms with Crippen LogP contribution in [0.25, 0.3) is 0 Å². The van der Waals surface area contributed by atoms with Crippen LogP contribution in [0.15, 0.2) is 0 Å². The van der Waals surface area contributed by atoms with Gasteiger partial charge in [0.15, 0.2) is 0 Å². The molecule has 0 rings (SSSR count). The van der Waals surface area contributed by atoms with E-state index in [1.54, 1.807) is 0 Å². The normalized spacial score (nSPS) is 2.80. The maximum atomic E-state index is 4.89. The fourth-order valence-electron chi connectivity index (χ4n) is 0. The molecule has 0 N–H and O–H groups in total. The molecule has 34 valence electrons. The minimum atomic E-state index is -0.556. The maximum absolute atomic E-state index is 4.89. The summed E-state index contributed by atoms with van der Waals surface area (Å²) in [5, 5.41) is 0. The van der Waals surface area contributed by atoms with Gasteiger partial charge in [0.2, 0.25) is 0 Å². The van der Waals surface area contributed by atoms with Crippen LogP contribution in [0.2, 0.25) is 0 Å². The molecule has 0 aliphatic heterocycles. The van der Waals surface area contributed by atoms with Crippen LogP contribution in [0.4, 0.5) is 0 Å². The average molecular weight is 192 g/mol. The zero-order chi connectivity index (χ0) is 2.71. The zero-order valence-electron chi connectivity index (χ0n) is 2.07. The quantitative estimate of drug-likeness (QED) is 0.516. The Morgan fingerprint density at radius 1 is 1.00 bits per heavy atom. The third-order valence-corrected chi connectivity index (χ3v) is 0. The summed E-state index contributed by atoms with van der Waals surface area (Å²) in [6, 6.07) is 0. The molecule has 0 heterocycles. The van der Waals surface area contributed by atoms with Gasteiger partial charge >= 0.3 is 35.6 Å². The van der Waals surface area contributed by atoms with Gasteiger partial charge in [-0.1, -0.05) is 0 Å². The Morgan fingerprint density at radius 2 is 1.00 bits per heavy atom. The van der Waals surface area contributed by atoms with Gasteiger partial charge < -0.3 is 0 Å². The minimum absolute atomic E-state index is 0. The fourth-order valence-corrected chi connectivity index (χ4v) is 0. The van der Waals surface area contributed by atoms with Gasteiger partial charge in [-0.3, -0.25) is 0 Å². The van der Waals surface area contributed by atoms with E-state index in [0.29, 0.717) is 0 Å². The summed E-state index contributed by atoms with van der Waals surface area (Å²) in [6.07, 6.45) is 0. The first-order valence-electron chi connectivity index (χ1n) is 0.378. The summed E-state index contributed by atoms with van der Waals surface area (Å²) in [4.78, 5) is 0. The van der Waals surface area contributed by atoms with E-state index in [1.807, 2.05) is 0 Å². The topological polar surface area (TPSA) is 0 Å². The number of hydrogen-bond donors (Lipinski definition) is 0.